The van der Waals surface area contributed by atoms with Gasteiger partial charge in [0.1, 0.15) is 42.4 Å². The number of hydrogen-bond donors (Lipinski definition) is 11. The normalized spacial score (nSPS) is 13.4. The lowest BCUT2D eigenvalue weighted by atomic mass is 10.1. The van der Waals surface area contributed by atoms with Crippen molar-refractivity contribution in [2.75, 3.05) is 40.1 Å². The summed E-state index contributed by atoms with van der Waals surface area (Å²) in [4.78, 5) is 17.8. The van der Waals surface area contributed by atoms with E-state index >= 15 is 0 Å². The van der Waals surface area contributed by atoms with Crippen molar-refractivity contribution in [3.63, 3.8) is 0 Å². The summed E-state index contributed by atoms with van der Waals surface area (Å²) in [6.45, 7) is -0.258. The largest absolute Gasteiger partial charge is 0.505 e. The fraction of sp³-hybridized carbons (Fsp3) is 0.100. The first-order valence-electron chi connectivity index (χ1n) is 21.9. The molecule has 0 bridgehead atoms. The minimum absolute atomic E-state index is 0.120. The predicted molar refractivity (Wildman–Crippen MR) is 296 cm³/mol. The zero-order valence-electron chi connectivity index (χ0n) is 41.4. The molecule has 1 atom stereocenters. The Bertz CT molecular complexity index is 4910. The monoisotopic (exact) mass is 1390 g/mol. The van der Waals surface area contributed by atoms with Crippen molar-refractivity contribution < 1.29 is 114 Å². The molecule has 7 rings (SSSR count). The van der Waals surface area contributed by atoms with E-state index < -0.39 is 208 Å². The number of rotatable bonds is 23. The third-order valence-electron chi connectivity index (χ3n) is 10.7. The molecule has 86 heavy (non-hydrogen) atoms. The molecule has 7 aromatic rings. The SMILES string of the molecule is O=C(CS(=O)OCCCl)Nc1ccc2c(O)c(N=Nc3cc(Nc4nc(Cl)nc(Nc5cc(S(=O)(=O)O)cc6cc(S(=O)(=O)O)c(N=Nc7ccc(S(=O)(=O)COS(=O)(=O)O)cc7)c(O)c56)n4)ccc3S(=O)(=O)O)c(S(=O)(=O)O)cc2c1S(=O)(=O)O. The van der Waals surface area contributed by atoms with Crippen LogP contribution in [0.4, 0.5) is 51.7 Å². The molecular formula is C40H32Cl2N10O26S8. The lowest BCUT2D eigenvalue weighted by Gasteiger charge is -2.15. The average molecular weight is 1400 g/mol. The number of fused-ring (bicyclic) bond motifs is 2. The third kappa shape index (κ3) is 16.0. The van der Waals surface area contributed by atoms with Gasteiger partial charge in [0.25, 0.3) is 50.6 Å². The molecule has 460 valence electrons. The number of phenolic OH excluding ortho intramolecular Hbond substituents is 2. The summed E-state index contributed by atoms with van der Waals surface area (Å²) in [5.74, 6) is -7.57. The molecule has 1 unspecified atom stereocenters. The van der Waals surface area contributed by atoms with Crippen LogP contribution in [-0.2, 0) is 95.1 Å². The number of alkyl halides is 1. The van der Waals surface area contributed by atoms with Crippen LogP contribution < -0.4 is 16.0 Å². The number of carbonyl (C=O) groups is 1. The van der Waals surface area contributed by atoms with Gasteiger partial charge in [-0.1, -0.05) is 0 Å². The van der Waals surface area contributed by atoms with E-state index in [4.69, 9.17) is 31.9 Å². The van der Waals surface area contributed by atoms with Crippen LogP contribution in [0, 0.1) is 0 Å². The van der Waals surface area contributed by atoms with Crippen molar-refractivity contribution >= 4 is 184 Å². The molecule has 0 radical (unpaired) electrons. The van der Waals surface area contributed by atoms with Crippen LogP contribution in [-0.4, -0.2) is 146 Å². The summed E-state index contributed by atoms with van der Waals surface area (Å²) in [6.07, 6.45) is 0. The van der Waals surface area contributed by atoms with Gasteiger partial charge in [-0.05, 0) is 95.8 Å². The van der Waals surface area contributed by atoms with Crippen LogP contribution in [0.5, 0.6) is 11.5 Å². The Balaban J connectivity index is 1.28. The Morgan fingerprint density at radius 1 is 0.593 bits per heavy atom. The van der Waals surface area contributed by atoms with Gasteiger partial charge in [0.15, 0.2) is 28.5 Å². The highest BCUT2D eigenvalue weighted by Crippen LogP contribution is 2.47. The van der Waals surface area contributed by atoms with Crippen LogP contribution in [0.2, 0.25) is 5.28 Å². The molecule has 0 spiro atoms. The molecule has 1 aromatic heterocycles. The van der Waals surface area contributed by atoms with Gasteiger partial charge in [-0.3, -0.25) is 36.3 Å². The highest BCUT2D eigenvalue weighted by molar-refractivity contribution is 7.92. The third-order valence-corrected chi connectivity index (χ3v) is 18.3. The maximum Gasteiger partial charge on any atom is 0.398 e. The number of azo groups is 2. The van der Waals surface area contributed by atoms with Gasteiger partial charge in [0.2, 0.25) is 32.9 Å². The smallest absolute Gasteiger partial charge is 0.398 e. The molecule has 0 aliphatic rings. The molecule has 46 heteroatoms. The quantitative estimate of drug-likeness (QED) is 0.0223. The summed E-state index contributed by atoms with van der Waals surface area (Å²) in [5.41, 5.74) is -5.23. The first-order chi connectivity index (χ1) is 39.6. The van der Waals surface area contributed by atoms with Gasteiger partial charge >= 0.3 is 10.4 Å². The Morgan fingerprint density at radius 2 is 1.19 bits per heavy atom. The lowest BCUT2D eigenvalue weighted by Crippen LogP contribution is -2.22. The number of nitrogens with zero attached hydrogens (tertiary/aromatic N) is 7. The fourth-order valence-electron chi connectivity index (χ4n) is 7.25. The minimum Gasteiger partial charge on any atom is -0.505 e. The van der Waals surface area contributed by atoms with Crippen LogP contribution in [0.3, 0.4) is 0 Å². The van der Waals surface area contributed by atoms with E-state index in [1.165, 1.54) is 0 Å². The number of halogens is 2. The number of phenols is 2. The van der Waals surface area contributed by atoms with Gasteiger partial charge in [-0.25, -0.2) is 16.8 Å². The van der Waals surface area contributed by atoms with E-state index in [-0.39, 0.29) is 23.9 Å². The lowest BCUT2D eigenvalue weighted by molar-refractivity contribution is -0.114. The van der Waals surface area contributed by atoms with Crippen molar-refractivity contribution in [2.45, 2.75) is 29.4 Å². The number of aromatic nitrogens is 3. The van der Waals surface area contributed by atoms with E-state index in [0.29, 0.717) is 30.3 Å². The highest BCUT2D eigenvalue weighted by atomic mass is 35.5. The van der Waals surface area contributed by atoms with Gasteiger partial charge in [0, 0.05) is 27.7 Å². The van der Waals surface area contributed by atoms with E-state index in [1.807, 2.05) is 5.32 Å². The molecule has 1 amide bonds. The molecule has 36 nitrogen and oxygen atoms in total. The second kappa shape index (κ2) is 24.9. The number of nitrogens with one attached hydrogen (secondary N) is 3. The molecule has 0 aliphatic heterocycles. The second-order valence-electron chi connectivity index (χ2n) is 16.5. The zero-order valence-corrected chi connectivity index (χ0v) is 49.5. The van der Waals surface area contributed by atoms with E-state index in [1.54, 1.807) is 0 Å². The van der Waals surface area contributed by atoms with Gasteiger partial charge < -0.3 is 26.2 Å². The zero-order chi connectivity index (χ0) is 63.9. The average Bonchev–Trinajstić information content (AvgIpc) is 0.785. The number of anilines is 5. The Morgan fingerprint density at radius 3 is 1.77 bits per heavy atom. The van der Waals surface area contributed by atoms with Crippen molar-refractivity contribution in [2.24, 2.45) is 20.5 Å². The maximum atomic E-state index is 12.8. The molecule has 11 N–H and O–H groups in total. The molecular weight excluding hydrogens is 1360 g/mol. The van der Waals surface area contributed by atoms with Crippen molar-refractivity contribution in [1.82, 2.24) is 15.0 Å². The Kier molecular flexibility index (Phi) is 19.2. The minimum atomic E-state index is -5.65. The number of sulfone groups is 1. The maximum absolute atomic E-state index is 12.8. The summed E-state index contributed by atoms with van der Waals surface area (Å²) in [6, 6.07) is 9.76. The predicted octanol–water partition coefficient (Wildman–Crippen LogP) is 5.20. The second-order valence-corrected chi connectivity index (χ2v) is 28.3. The number of benzene rings is 6. The summed E-state index contributed by atoms with van der Waals surface area (Å²) in [7, 11) is -36.9. The topological polar surface area (TPSA) is 578 Å². The summed E-state index contributed by atoms with van der Waals surface area (Å²) < 4.78 is 254. The van der Waals surface area contributed by atoms with E-state index in [0.717, 1.165) is 48.5 Å². The Labute approximate surface area is 495 Å². The van der Waals surface area contributed by atoms with Gasteiger partial charge in [0.05, 0.1) is 33.5 Å². The first-order valence-corrected chi connectivity index (χ1v) is 34.3. The Hall–Kier alpha value is -7.22. The van der Waals surface area contributed by atoms with E-state index in [9.17, 15) is 101 Å². The summed E-state index contributed by atoms with van der Waals surface area (Å²) >= 11 is 9.36. The molecule has 0 aliphatic carbocycles. The highest BCUT2D eigenvalue weighted by Gasteiger charge is 2.31. The summed E-state index contributed by atoms with van der Waals surface area (Å²) in [5, 5.41) is 41.2. The van der Waals surface area contributed by atoms with Crippen molar-refractivity contribution in [1.29, 1.82) is 0 Å². The van der Waals surface area contributed by atoms with Crippen molar-refractivity contribution in [3.8, 4) is 11.5 Å². The molecule has 0 saturated carbocycles. The number of carbonyl (C=O) groups excluding carboxylic acids is 1. The molecule has 0 saturated heterocycles. The standard InChI is InChI=1S/C40H32Cl2N10O26S8/c41-9-10-77-79(56)16-31(53)44-25-7-6-23-24(37(25)85(71,72)73)15-30(84(68,69)70)33(35(23)54)52-50-26-13-20(3-8-28(26)82(62,63)64)43-39-46-38(42)47-40(48-39)45-27-14-22(81(59,60)61)11-18-12-29(83(65,66)67)34(36(55)32(18)27)51-49-19-1-4-21(5-2-19)80(57,58)17-78-86(74,75)76/h1-8,11-15,54-55H,9-10,16-17H2,(H,44,53)(H,59,60,61)(H,62,63,64)(H,65,66,67)(H,68,69,70)(H,71,72,73)(H,74,75,76)(H2,43,45,46,47,48). The molecule has 0 fully saturated rings. The molecule has 1 heterocycles. The fourth-order valence-corrected chi connectivity index (χ4v) is 13.2. The van der Waals surface area contributed by atoms with Gasteiger partial charge in [-0.2, -0.15) is 70.6 Å². The van der Waals surface area contributed by atoms with E-state index in [2.05, 4.69) is 50.2 Å². The number of hydrogen-bond acceptors (Lipinski definition) is 29. The number of amides is 1. The number of aromatic hydroxyl groups is 2. The van der Waals surface area contributed by atoms with Crippen molar-refractivity contribution in [3.05, 3.63) is 84.1 Å². The van der Waals surface area contributed by atoms with Crippen LogP contribution in [0.1, 0.15) is 0 Å². The van der Waals surface area contributed by atoms with Crippen LogP contribution in [0.15, 0.2) is 129 Å². The van der Waals surface area contributed by atoms with Crippen LogP contribution >= 0.6 is 23.2 Å². The first kappa shape index (κ1) is 66.3. The van der Waals surface area contributed by atoms with Gasteiger partial charge in [-0.15, -0.1) is 26.9 Å². The van der Waals surface area contributed by atoms with Crippen LogP contribution in [0.25, 0.3) is 21.5 Å². The molecule has 6 aromatic carbocycles.